The first-order valence-electron chi connectivity index (χ1n) is 5.29. The van der Waals surface area contributed by atoms with E-state index in [0.29, 0.717) is 12.5 Å². The molecule has 0 radical (unpaired) electrons. The number of nitrogens with zero attached hydrogens (tertiary/aromatic N) is 1. The van der Waals surface area contributed by atoms with Crippen LogP contribution in [0.1, 0.15) is 39.0 Å². The predicted molar refractivity (Wildman–Crippen MR) is 53.3 cm³/mol. The highest BCUT2D eigenvalue weighted by molar-refractivity contribution is 5.77. The van der Waals surface area contributed by atoms with Crippen molar-refractivity contribution in [2.45, 2.75) is 45.1 Å². The molecule has 1 atom stereocenters. The lowest BCUT2D eigenvalue weighted by molar-refractivity contribution is -0.135. The van der Waals surface area contributed by atoms with Crippen LogP contribution in [0.25, 0.3) is 0 Å². The molecule has 1 aliphatic heterocycles. The summed E-state index contributed by atoms with van der Waals surface area (Å²) < 4.78 is 0. The van der Waals surface area contributed by atoms with Crippen molar-refractivity contribution < 1.29 is 4.79 Å². The first-order chi connectivity index (χ1) is 6.29. The van der Waals surface area contributed by atoms with E-state index in [4.69, 9.17) is 5.73 Å². The van der Waals surface area contributed by atoms with Gasteiger partial charge in [-0.15, -0.1) is 0 Å². The van der Waals surface area contributed by atoms with Gasteiger partial charge < -0.3 is 10.6 Å². The van der Waals surface area contributed by atoms with Gasteiger partial charge in [-0.25, -0.2) is 0 Å². The van der Waals surface area contributed by atoms with Crippen LogP contribution in [0.15, 0.2) is 0 Å². The summed E-state index contributed by atoms with van der Waals surface area (Å²) in [6, 6.07) is 0.290. The van der Waals surface area contributed by atoms with E-state index < -0.39 is 0 Å². The molecule has 0 spiro atoms. The molecular formula is C10H20N2O. The Hall–Kier alpha value is -0.570. The number of amides is 1. The summed E-state index contributed by atoms with van der Waals surface area (Å²) >= 11 is 0. The van der Waals surface area contributed by atoms with Crippen molar-refractivity contribution in [1.29, 1.82) is 0 Å². The topological polar surface area (TPSA) is 46.3 Å². The van der Waals surface area contributed by atoms with Gasteiger partial charge in [0.2, 0.25) is 5.91 Å². The Labute approximate surface area is 80.3 Å². The fraction of sp³-hybridized carbons (Fsp3) is 0.900. The lowest BCUT2D eigenvalue weighted by Gasteiger charge is -2.33. The third-order valence-electron chi connectivity index (χ3n) is 2.69. The third-order valence-corrected chi connectivity index (χ3v) is 2.69. The van der Waals surface area contributed by atoms with Crippen molar-refractivity contribution in [2.75, 3.05) is 13.1 Å². The van der Waals surface area contributed by atoms with Crippen LogP contribution in [-0.2, 0) is 4.79 Å². The first kappa shape index (κ1) is 10.5. The smallest absolute Gasteiger partial charge is 0.222 e. The summed E-state index contributed by atoms with van der Waals surface area (Å²) in [4.78, 5) is 13.5. The fourth-order valence-corrected chi connectivity index (χ4v) is 1.95. The molecule has 0 aromatic carbocycles. The van der Waals surface area contributed by atoms with Gasteiger partial charge in [0.25, 0.3) is 0 Å². The van der Waals surface area contributed by atoms with E-state index in [9.17, 15) is 4.79 Å². The average molecular weight is 184 g/mol. The molecule has 0 bridgehead atoms. The van der Waals surface area contributed by atoms with E-state index >= 15 is 0 Å². The maximum atomic E-state index is 11.5. The van der Waals surface area contributed by atoms with Gasteiger partial charge in [-0.3, -0.25) is 4.79 Å². The van der Waals surface area contributed by atoms with Crippen LogP contribution in [0.4, 0.5) is 0 Å². The maximum absolute atomic E-state index is 11.5. The van der Waals surface area contributed by atoms with Gasteiger partial charge in [0, 0.05) is 25.6 Å². The second-order valence-electron chi connectivity index (χ2n) is 3.72. The van der Waals surface area contributed by atoms with E-state index in [1.165, 1.54) is 0 Å². The Morgan fingerprint density at radius 3 is 2.85 bits per heavy atom. The highest BCUT2D eigenvalue weighted by atomic mass is 16.2. The Morgan fingerprint density at radius 2 is 2.31 bits per heavy atom. The standard InChI is InChI=1S/C10H20N2O/c1-2-5-9(8-11)12-7-4-3-6-10(12)13/h9H,2-8,11H2,1H3. The molecule has 3 heteroatoms. The van der Waals surface area contributed by atoms with E-state index in [1.807, 2.05) is 4.90 Å². The molecule has 0 aliphatic carbocycles. The molecular weight excluding hydrogens is 164 g/mol. The normalized spacial score (nSPS) is 20.5. The monoisotopic (exact) mass is 184 g/mol. The summed E-state index contributed by atoms with van der Waals surface area (Å²) in [6.07, 6.45) is 5.07. The molecule has 0 aromatic rings. The van der Waals surface area contributed by atoms with Crippen LogP contribution in [0.2, 0.25) is 0 Å². The van der Waals surface area contributed by atoms with Crippen molar-refractivity contribution in [2.24, 2.45) is 5.73 Å². The summed E-state index contributed by atoms with van der Waals surface area (Å²) in [5.74, 6) is 0.301. The SMILES string of the molecule is CCCC(CN)N1CCCCC1=O. The lowest BCUT2D eigenvalue weighted by atomic mass is 10.0. The molecule has 13 heavy (non-hydrogen) atoms. The molecule has 76 valence electrons. The number of nitrogens with two attached hydrogens (primary N) is 1. The molecule has 3 nitrogen and oxygen atoms in total. The Kier molecular flexibility index (Phi) is 4.22. The zero-order chi connectivity index (χ0) is 9.68. The van der Waals surface area contributed by atoms with Gasteiger partial charge >= 0.3 is 0 Å². The van der Waals surface area contributed by atoms with Gasteiger partial charge in [0.1, 0.15) is 0 Å². The van der Waals surface area contributed by atoms with Crippen molar-refractivity contribution in [1.82, 2.24) is 4.90 Å². The number of carbonyl (C=O) groups excluding carboxylic acids is 1. The minimum Gasteiger partial charge on any atom is -0.338 e. The van der Waals surface area contributed by atoms with E-state index in [0.717, 1.165) is 38.6 Å². The number of piperidine rings is 1. The second kappa shape index (κ2) is 5.22. The summed E-state index contributed by atoms with van der Waals surface area (Å²) in [7, 11) is 0. The van der Waals surface area contributed by atoms with Crippen molar-refractivity contribution in [3.8, 4) is 0 Å². The maximum Gasteiger partial charge on any atom is 0.222 e. The number of hydrogen-bond acceptors (Lipinski definition) is 2. The largest absolute Gasteiger partial charge is 0.338 e. The molecule has 1 fully saturated rings. The second-order valence-corrected chi connectivity index (χ2v) is 3.72. The van der Waals surface area contributed by atoms with Gasteiger partial charge in [-0.05, 0) is 19.3 Å². The van der Waals surface area contributed by atoms with Gasteiger partial charge in [-0.2, -0.15) is 0 Å². The molecule has 1 aliphatic rings. The van der Waals surface area contributed by atoms with Crippen LogP contribution < -0.4 is 5.73 Å². The van der Waals surface area contributed by atoms with Crippen LogP contribution in [-0.4, -0.2) is 29.9 Å². The fourth-order valence-electron chi connectivity index (χ4n) is 1.95. The summed E-state index contributed by atoms with van der Waals surface area (Å²) in [5, 5.41) is 0. The predicted octanol–water partition coefficient (Wildman–Crippen LogP) is 1.13. The van der Waals surface area contributed by atoms with Crippen molar-refractivity contribution in [3.63, 3.8) is 0 Å². The van der Waals surface area contributed by atoms with Crippen molar-refractivity contribution in [3.05, 3.63) is 0 Å². The number of hydrogen-bond donors (Lipinski definition) is 1. The lowest BCUT2D eigenvalue weighted by Crippen LogP contribution is -2.46. The zero-order valence-electron chi connectivity index (χ0n) is 8.46. The van der Waals surface area contributed by atoms with Crippen LogP contribution in [0.3, 0.4) is 0 Å². The van der Waals surface area contributed by atoms with E-state index in [-0.39, 0.29) is 6.04 Å². The van der Waals surface area contributed by atoms with Crippen LogP contribution >= 0.6 is 0 Å². The van der Waals surface area contributed by atoms with Crippen LogP contribution in [0.5, 0.6) is 0 Å². The molecule has 0 aromatic heterocycles. The summed E-state index contributed by atoms with van der Waals surface area (Å²) in [5.41, 5.74) is 5.66. The molecule has 2 N–H and O–H groups in total. The van der Waals surface area contributed by atoms with Crippen molar-refractivity contribution >= 4 is 5.91 Å². The van der Waals surface area contributed by atoms with Gasteiger partial charge in [0.15, 0.2) is 0 Å². The number of rotatable bonds is 4. The highest BCUT2D eigenvalue weighted by Crippen LogP contribution is 2.15. The zero-order valence-corrected chi connectivity index (χ0v) is 8.46. The highest BCUT2D eigenvalue weighted by Gasteiger charge is 2.23. The molecule has 1 unspecified atom stereocenters. The molecule has 1 amide bonds. The average Bonchev–Trinajstić information content (AvgIpc) is 2.16. The Balaban J connectivity index is 2.49. The molecule has 1 rings (SSSR count). The van der Waals surface area contributed by atoms with E-state index in [2.05, 4.69) is 6.92 Å². The number of likely N-dealkylation sites (tertiary alicyclic amines) is 1. The van der Waals surface area contributed by atoms with Gasteiger partial charge in [0.05, 0.1) is 0 Å². The minimum absolute atomic E-state index is 0.290. The number of carbonyl (C=O) groups is 1. The molecule has 0 saturated carbocycles. The molecule has 1 heterocycles. The summed E-state index contributed by atoms with van der Waals surface area (Å²) in [6.45, 7) is 3.66. The quantitative estimate of drug-likeness (QED) is 0.712. The van der Waals surface area contributed by atoms with E-state index in [1.54, 1.807) is 0 Å². The Morgan fingerprint density at radius 1 is 1.54 bits per heavy atom. The first-order valence-corrected chi connectivity index (χ1v) is 5.29. The molecule has 1 saturated heterocycles. The van der Waals surface area contributed by atoms with Crippen LogP contribution in [0, 0.1) is 0 Å². The van der Waals surface area contributed by atoms with Gasteiger partial charge in [-0.1, -0.05) is 13.3 Å². The third kappa shape index (κ3) is 2.69. The Bertz CT molecular complexity index is 170. The minimum atomic E-state index is 0.290.